The summed E-state index contributed by atoms with van der Waals surface area (Å²) in [5, 5.41) is 9.03. The summed E-state index contributed by atoms with van der Waals surface area (Å²) in [4.78, 5) is 4.13. The molecule has 0 bridgehead atoms. The van der Waals surface area contributed by atoms with E-state index in [2.05, 4.69) is 4.90 Å². The van der Waals surface area contributed by atoms with Crippen LogP contribution in [-0.4, -0.2) is 44.2 Å². The number of nitrogens with zero attached hydrogens (tertiary/aromatic N) is 2. The number of hydrogen-bond acceptors (Lipinski definition) is 3. The summed E-state index contributed by atoms with van der Waals surface area (Å²) in [5.74, 6) is -0.300. The van der Waals surface area contributed by atoms with Crippen molar-refractivity contribution in [1.82, 2.24) is 4.90 Å². The van der Waals surface area contributed by atoms with E-state index in [0.717, 1.165) is 25.2 Å². The van der Waals surface area contributed by atoms with Crippen molar-refractivity contribution in [2.24, 2.45) is 0 Å². The highest BCUT2D eigenvalue weighted by atomic mass is 19.1. The molecule has 0 unspecified atom stereocenters. The van der Waals surface area contributed by atoms with Crippen molar-refractivity contribution in [3.63, 3.8) is 0 Å². The second-order valence-corrected chi connectivity index (χ2v) is 4.55. The lowest BCUT2D eigenvalue weighted by Crippen LogP contribution is -2.23. The van der Waals surface area contributed by atoms with Gasteiger partial charge in [-0.15, -0.1) is 0 Å². The van der Waals surface area contributed by atoms with Gasteiger partial charge in [0.25, 0.3) is 0 Å². The summed E-state index contributed by atoms with van der Waals surface area (Å²) in [7, 11) is 6.00. The van der Waals surface area contributed by atoms with Gasteiger partial charge >= 0.3 is 0 Å². The first-order chi connectivity index (χ1) is 8.02. The molecule has 3 nitrogen and oxygen atoms in total. The van der Waals surface area contributed by atoms with E-state index in [1.165, 1.54) is 12.1 Å². The molecule has 96 valence electrons. The van der Waals surface area contributed by atoms with Gasteiger partial charge in [0.15, 0.2) is 0 Å². The van der Waals surface area contributed by atoms with Crippen LogP contribution in [0.5, 0.6) is 0 Å². The van der Waals surface area contributed by atoms with Crippen molar-refractivity contribution in [3.8, 4) is 0 Å². The maximum absolute atomic E-state index is 13.3. The topological polar surface area (TPSA) is 26.7 Å². The van der Waals surface area contributed by atoms with E-state index in [4.69, 9.17) is 5.11 Å². The molecule has 0 spiro atoms. The van der Waals surface area contributed by atoms with Gasteiger partial charge in [0.05, 0.1) is 6.61 Å². The Hall–Kier alpha value is -1.13. The van der Waals surface area contributed by atoms with Crippen LogP contribution in [0.2, 0.25) is 0 Å². The molecule has 1 N–H and O–H groups in total. The van der Waals surface area contributed by atoms with Crippen molar-refractivity contribution in [2.75, 3.05) is 39.1 Å². The first-order valence-corrected chi connectivity index (χ1v) is 5.79. The van der Waals surface area contributed by atoms with Crippen LogP contribution in [0.15, 0.2) is 18.2 Å². The summed E-state index contributed by atoms with van der Waals surface area (Å²) in [6.45, 7) is 1.75. The minimum Gasteiger partial charge on any atom is -0.392 e. The van der Waals surface area contributed by atoms with E-state index in [-0.39, 0.29) is 12.4 Å². The molecule has 0 fully saturated rings. The highest BCUT2D eigenvalue weighted by molar-refractivity contribution is 5.48. The quantitative estimate of drug-likeness (QED) is 0.820. The Labute approximate surface area is 102 Å². The van der Waals surface area contributed by atoms with Gasteiger partial charge < -0.3 is 14.9 Å². The van der Waals surface area contributed by atoms with Crippen molar-refractivity contribution < 1.29 is 9.50 Å². The second kappa shape index (κ2) is 6.57. The van der Waals surface area contributed by atoms with Crippen LogP contribution >= 0.6 is 0 Å². The number of anilines is 1. The highest BCUT2D eigenvalue weighted by Crippen LogP contribution is 2.17. The Morgan fingerprint density at radius 2 is 1.82 bits per heavy atom. The summed E-state index contributed by atoms with van der Waals surface area (Å²) in [6.07, 6.45) is 1.02. The molecule has 1 rings (SSSR count). The first kappa shape index (κ1) is 13.9. The standard InChI is InChI=1S/C13H21FN2O/c1-15(2)5-4-6-16(3)13-8-11(10-17)7-12(14)9-13/h7-9,17H,4-6,10H2,1-3H3. The zero-order chi connectivity index (χ0) is 12.8. The van der Waals surface area contributed by atoms with Gasteiger partial charge in [0, 0.05) is 19.3 Å². The molecule has 0 atom stereocenters. The van der Waals surface area contributed by atoms with Gasteiger partial charge in [0.2, 0.25) is 0 Å². The molecule has 1 aromatic carbocycles. The van der Waals surface area contributed by atoms with Gasteiger partial charge in [-0.05, 0) is 50.8 Å². The molecular weight excluding hydrogens is 219 g/mol. The third kappa shape index (κ3) is 4.71. The van der Waals surface area contributed by atoms with Crippen molar-refractivity contribution in [2.45, 2.75) is 13.0 Å². The number of rotatable bonds is 6. The van der Waals surface area contributed by atoms with E-state index in [1.54, 1.807) is 0 Å². The van der Waals surface area contributed by atoms with Crippen LogP contribution < -0.4 is 4.90 Å². The number of hydrogen-bond donors (Lipinski definition) is 1. The Bertz CT molecular complexity index is 355. The summed E-state index contributed by atoms with van der Waals surface area (Å²) in [6, 6.07) is 4.67. The number of benzene rings is 1. The van der Waals surface area contributed by atoms with Crippen LogP contribution in [0.1, 0.15) is 12.0 Å². The van der Waals surface area contributed by atoms with Gasteiger partial charge in [-0.25, -0.2) is 4.39 Å². The lowest BCUT2D eigenvalue weighted by Gasteiger charge is -2.21. The van der Waals surface area contributed by atoms with Crippen LogP contribution in [0.4, 0.5) is 10.1 Å². The predicted molar refractivity (Wildman–Crippen MR) is 68.8 cm³/mol. The average Bonchev–Trinajstić information content (AvgIpc) is 2.27. The van der Waals surface area contributed by atoms with Crippen LogP contribution in [-0.2, 0) is 6.61 Å². The van der Waals surface area contributed by atoms with Crippen molar-refractivity contribution >= 4 is 5.69 Å². The Balaban J connectivity index is 2.61. The van der Waals surface area contributed by atoms with Crippen LogP contribution in [0, 0.1) is 5.82 Å². The number of halogens is 1. The summed E-state index contributed by atoms with van der Waals surface area (Å²) >= 11 is 0. The van der Waals surface area contributed by atoms with Crippen molar-refractivity contribution in [1.29, 1.82) is 0 Å². The molecule has 0 radical (unpaired) electrons. The average molecular weight is 240 g/mol. The fourth-order valence-corrected chi connectivity index (χ4v) is 1.70. The molecule has 0 aromatic heterocycles. The molecule has 0 saturated heterocycles. The van der Waals surface area contributed by atoms with E-state index in [0.29, 0.717) is 5.56 Å². The lowest BCUT2D eigenvalue weighted by atomic mass is 10.2. The van der Waals surface area contributed by atoms with Crippen LogP contribution in [0.25, 0.3) is 0 Å². The Morgan fingerprint density at radius 1 is 1.12 bits per heavy atom. The molecule has 0 aliphatic carbocycles. The zero-order valence-electron chi connectivity index (χ0n) is 10.8. The summed E-state index contributed by atoms with van der Waals surface area (Å²) < 4.78 is 13.3. The summed E-state index contributed by atoms with van der Waals surface area (Å²) in [5.41, 5.74) is 1.42. The molecule has 4 heteroatoms. The molecule has 0 heterocycles. The van der Waals surface area contributed by atoms with Gasteiger partial charge in [-0.1, -0.05) is 0 Å². The van der Waals surface area contributed by atoms with E-state index in [1.807, 2.05) is 32.1 Å². The van der Waals surface area contributed by atoms with Gasteiger partial charge in [-0.2, -0.15) is 0 Å². The molecular formula is C13H21FN2O. The maximum atomic E-state index is 13.3. The molecule has 0 aliphatic rings. The molecule has 0 saturated carbocycles. The minimum absolute atomic E-state index is 0.129. The third-order valence-electron chi connectivity index (χ3n) is 2.66. The number of aliphatic hydroxyl groups excluding tert-OH is 1. The molecule has 0 aliphatic heterocycles. The highest BCUT2D eigenvalue weighted by Gasteiger charge is 2.05. The molecule has 0 amide bonds. The minimum atomic E-state index is -0.300. The molecule has 17 heavy (non-hydrogen) atoms. The van der Waals surface area contributed by atoms with E-state index < -0.39 is 0 Å². The fourth-order valence-electron chi connectivity index (χ4n) is 1.70. The van der Waals surface area contributed by atoms with E-state index >= 15 is 0 Å². The smallest absolute Gasteiger partial charge is 0.125 e. The maximum Gasteiger partial charge on any atom is 0.125 e. The molecule has 1 aromatic rings. The monoisotopic (exact) mass is 240 g/mol. The number of aliphatic hydroxyl groups is 1. The fraction of sp³-hybridized carbons (Fsp3) is 0.538. The first-order valence-electron chi connectivity index (χ1n) is 5.79. The van der Waals surface area contributed by atoms with Crippen molar-refractivity contribution in [3.05, 3.63) is 29.6 Å². The second-order valence-electron chi connectivity index (χ2n) is 4.55. The van der Waals surface area contributed by atoms with E-state index in [9.17, 15) is 4.39 Å². The van der Waals surface area contributed by atoms with Crippen LogP contribution in [0.3, 0.4) is 0 Å². The third-order valence-corrected chi connectivity index (χ3v) is 2.66. The van der Waals surface area contributed by atoms with Gasteiger partial charge in [-0.3, -0.25) is 0 Å². The zero-order valence-corrected chi connectivity index (χ0v) is 10.8. The normalized spacial score (nSPS) is 10.9. The Morgan fingerprint density at radius 3 is 2.41 bits per heavy atom. The van der Waals surface area contributed by atoms with Gasteiger partial charge in [0.1, 0.15) is 5.82 Å². The predicted octanol–water partition coefficient (Wildman–Crippen LogP) is 1.71. The lowest BCUT2D eigenvalue weighted by molar-refractivity contribution is 0.281. The largest absolute Gasteiger partial charge is 0.392 e. The SMILES string of the molecule is CN(C)CCCN(C)c1cc(F)cc(CO)c1. The Kier molecular flexibility index (Phi) is 5.38.